The fourth-order valence-electron chi connectivity index (χ4n) is 3.85. The van der Waals surface area contributed by atoms with E-state index in [-0.39, 0.29) is 10.4 Å². The van der Waals surface area contributed by atoms with Crippen molar-refractivity contribution in [2.75, 3.05) is 18.1 Å². The smallest absolute Gasteiger partial charge is 0.273 e. The van der Waals surface area contributed by atoms with Gasteiger partial charge >= 0.3 is 0 Å². The van der Waals surface area contributed by atoms with Gasteiger partial charge in [-0.25, -0.2) is 12.4 Å². The number of benzene rings is 2. The van der Waals surface area contributed by atoms with E-state index in [1.807, 2.05) is 6.92 Å². The van der Waals surface area contributed by atoms with Crippen LogP contribution in [0.5, 0.6) is 5.75 Å². The molecule has 5 rings (SSSR count). The van der Waals surface area contributed by atoms with Crippen molar-refractivity contribution in [1.29, 1.82) is 0 Å². The Labute approximate surface area is 190 Å². The van der Waals surface area contributed by atoms with Crippen molar-refractivity contribution in [2.45, 2.75) is 24.7 Å². The number of aromatic nitrogens is 2. The van der Waals surface area contributed by atoms with Gasteiger partial charge in [0.15, 0.2) is 5.75 Å². The van der Waals surface area contributed by atoms with Crippen molar-refractivity contribution in [3.63, 3.8) is 0 Å². The van der Waals surface area contributed by atoms with Gasteiger partial charge in [-0.2, -0.15) is 0 Å². The average Bonchev–Trinajstić information content (AvgIpc) is 3.50. The van der Waals surface area contributed by atoms with Crippen molar-refractivity contribution < 1.29 is 13.2 Å². The minimum absolute atomic E-state index is 0.0246. The first-order chi connectivity index (χ1) is 15.8. The summed E-state index contributed by atoms with van der Waals surface area (Å²) in [4.78, 5) is 15.6. The summed E-state index contributed by atoms with van der Waals surface area (Å²) in [5.74, 6) is 0.930. The number of anilines is 2. The van der Waals surface area contributed by atoms with Crippen molar-refractivity contribution in [2.24, 2.45) is 5.92 Å². The molecule has 0 amide bonds. The molecule has 170 valence electrons. The van der Waals surface area contributed by atoms with E-state index in [1.165, 1.54) is 18.3 Å². The molecule has 8 nitrogen and oxygen atoms in total. The molecule has 0 aliphatic heterocycles. The third kappa shape index (κ3) is 3.64. The van der Waals surface area contributed by atoms with Crippen LogP contribution in [0.3, 0.4) is 0 Å². The number of rotatable bonds is 6. The number of nitrogens with zero attached hydrogens (tertiary/aromatic N) is 1. The van der Waals surface area contributed by atoms with Gasteiger partial charge in [0.05, 0.1) is 22.9 Å². The molecular weight excluding hydrogens is 440 g/mol. The monoisotopic (exact) mass is 464 g/mol. The quantitative estimate of drug-likeness (QED) is 0.374. The van der Waals surface area contributed by atoms with Gasteiger partial charge in [-0.15, -0.1) is 0 Å². The normalized spacial score (nSPS) is 14.0. The number of aryl methyl sites for hydroxylation is 1. The van der Waals surface area contributed by atoms with E-state index in [0.29, 0.717) is 46.2 Å². The first-order valence-electron chi connectivity index (χ1n) is 10.6. The fraction of sp³-hybridized carbons (Fsp3) is 0.208. The standard InChI is InChI=1S/C24H24N4O4S/c1-14-2-6-16(7-3-14)33(30,31)28-11-10-17-19(12-27-24(29)22(17)28)18-8-9-20(25)21(26)23(18)32-13-15-4-5-15/h2-3,6-12,15H,4-5,13,25-26H2,1H3,(H,27,29). The fourth-order valence-corrected chi connectivity index (χ4v) is 5.20. The number of aromatic amines is 1. The van der Waals surface area contributed by atoms with Crippen molar-refractivity contribution >= 4 is 32.3 Å². The van der Waals surface area contributed by atoms with Gasteiger partial charge in [-0.1, -0.05) is 17.7 Å². The average molecular weight is 465 g/mol. The molecule has 9 heteroatoms. The maximum Gasteiger partial charge on any atom is 0.273 e. The number of nitrogen functional groups attached to an aromatic ring is 2. The van der Waals surface area contributed by atoms with Crippen molar-refractivity contribution in [3.8, 4) is 16.9 Å². The highest BCUT2D eigenvalue weighted by molar-refractivity contribution is 7.90. The second-order valence-corrected chi connectivity index (χ2v) is 10.2. The maximum absolute atomic E-state index is 13.3. The van der Waals surface area contributed by atoms with Gasteiger partial charge in [0.2, 0.25) is 0 Å². The van der Waals surface area contributed by atoms with Gasteiger partial charge in [0.1, 0.15) is 5.52 Å². The SMILES string of the molecule is Cc1ccc(S(=O)(=O)n2ccc3c(-c4ccc(N)c(N)c4OCC4CC4)c[nH]c(=O)c32)cc1. The summed E-state index contributed by atoms with van der Waals surface area (Å²) < 4.78 is 33.7. The second-order valence-electron chi connectivity index (χ2n) is 8.42. The highest BCUT2D eigenvalue weighted by Gasteiger charge is 2.26. The number of H-pyrrole nitrogens is 1. The Kier molecular flexibility index (Phi) is 4.93. The van der Waals surface area contributed by atoms with E-state index in [1.54, 1.807) is 36.5 Å². The predicted octanol–water partition coefficient (Wildman–Crippen LogP) is 3.50. The molecule has 1 saturated carbocycles. The Morgan fingerprint density at radius 3 is 2.48 bits per heavy atom. The lowest BCUT2D eigenvalue weighted by molar-refractivity contribution is 0.302. The molecule has 0 atom stereocenters. The van der Waals surface area contributed by atoms with Crippen LogP contribution in [0.15, 0.2) is 64.5 Å². The summed E-state index contributed by atoms with van der Waals surface area (Å²) >= 11 is 0. The summed E-state index contributed by atoms with van der Waals surface area (Å²) in [7, 11) is -3.98. The molecule has 2 aromatic heterocycles. The number of hydrogen-bond donors (Lipinski definition) is 3. The summed E-state index contributed by atoms with van der Waals surface area (Å²) in [6.07, 6.45) is 5.16. The summed E-state index contributed by atoms with van der Waals surface area (Å²) in [5.41, 5.74) is 14.6. The molecule has 1 aliphatic rings. The molecule has 2 heterocycles. The van der Waals surface area contributed by atoms with Gasteiger partial charge in [0, 0.05) is 28.9 Å². The van der Waals surface area contributed by atoms with E-state index in [0.717, 1.165) is 22.4 Å². The topological polar surface area (TPSA) is 133 Å². The highest BCUT2D eigenvalue weighted by Crippen LogP contribution is 2.42. The number of hydrogen-bond acceptors (Lipinski definition) is 6. The summed E-state index contributed by atoms with van der Waals surface area (Å²) in [6, 6.07) is 11.5. The van der Waals surface area contributed by atoms with Crippen LogP contribution in [-0.2, 0) is 10.0 Å². The lowest BCUT2D eigenvalue weighted by Crippen LogP contribution is -2.18. The molecule has 1 fully saturated rings. The van der Waals surface area contributed by atoms with Crippen LogP contribution in [0, 0.1) is 12.8 Å². The summed E-state index contributed by atoms with van der Waals surface area (Å²) in [5, 5.41) is 0.467. The highest BCUT2D eigenvalue weighted by atomic mass is 32.2. The maximum atomic E-state index is 13.3. The van der Waals surface area contributed by atoms with Crippen LogP contribution >= 0.6 is 0 Å². The van der Waals surface area contributed by atoms with Crippen molar-refractivity contribution in [3.05, 3.63) is 70.8 Å². The summed E-state index contributed by atoms with van der Waals surface area (Å²) in [6.45, 7) is 2.40. The largest absolute Gasteiger partial charge is 0.490 e. The van der Waals surface area contributed by atoms with Gasteiger partial charge in [-0.05, 0) is 56.0 Å². The molecule has 2 aromatic carbocycles. The molecule has 0 radical (unpaired) electrons. The van der Waals surface area contributed by atoms with Crippen LogP contribution in [0.1, 0.15) is 18.4 Å². The van der Waals surface area contributed by atoms with Crippen LogP contribution in [0.4, 0.5) is 11.4 Å². The number of nitrogens with one attached hydrogen (secondary N) is 1. The molecule has 1 aliphatic carbocycles. The Bertz CT molecular complexity index is 1530. The first-order valence-corrected chi connectivity index (χ1v) is 12.1. The third-order valence-corrected chi connectivity index (χ3v) is 7.65. The predicted molar refractivity (Wildman–Crippen MR) is 129 cm³/mol. The first kappa shape index (κ1) is 21.1. The van der Waals surface area contributed by atoms with E-state index in [2.05, 4.69) is 4.98 Å². The van der Waals surface area contributed by atoms with E-state index < -0.39 is 15.6 Å². The van der Waals surface area contributed by atoms with Gasteiger partial charge in [-0.3, -0.25) is 4.79 Å². The molecule has 0 bridgehead atoms. The zero-order valence-corrected chi connectivity index (χ0v) is 18.9. The molecule has 0 saturated heterocycles. The van der Waals surface area contributed by atoms with Crippen LogP contribution in [0.25, 0.3) is 22.0 Å². The van der Waals surface area contributed by atoms with Crippen LogP contribution in [-0.4, -0.2) is 24.0 Å². The lowest BCUT2D eigenvalue weighted by atomic mass is 10.0. The zero-order chi connectivity index (χ0) is 23.3. The van der Waals surface area contributed by atoms with Crippen LogP contribution in [0.2, 0.25) is 0 Å². The Morgan fingerprint density at radius 2 is 1.79 bits per heavy atom. The Hall–Kier alpha value is -3.72. The molecule has 5 N–H and O–H groups in total. The van der Waals surface area contributed by atoms with E-state index >= 15 is 0 Å². The molecular formula is C24H24N4O4S. The zero-order valence-electron chi connectivity index (χ0n) is 18.0. The van der Waals surface area contributed by atoms with E-state index in [9.17, 15) is 13.2 Å². The van der Waals surface area contributed by atoms with E-state index in [4.69, 9.17) is 16.2 Å². The lowest BCUT2D eigenvalue weighted by Gasteiger charge is -2.16. The third-order valence-electron chi connectivity index (χ3n) is 5.96. The minimum Gasteiger partial charge on any atom is -0.490 e. The Morgan fingerprint density at radius 1 is 1.06 bits per heavy atom. The number of pyridine rings is 1. The molecule has 0 spiro atoms. The van der Waals surface area contributed by atoms with Crippen LogP contribution < -0.4 is 21.8 Å². The molecule has 33 heavy (non-hydrogen) atoms. The molecule has 4 aromatic rings. The van der Waals surface area contributed by atoms with Gasteiger partial charge < -0.3 is 21.2 Å². The second kappa shape index (κ2) is 7.70. The number of nitrogens with two attached hydrogens (primary N) is 2. The minimum atomic E-state index is -3.98. The number of ether oxygens (including phenoxy) is 1. The number of fused-ring (bicyclic) bond motifs is 1. The van der Waals surface area contributed by atoms with Crippen molar-refractivity contribution in [1.82, 2.24) is 8.96 Å². The molecule has 0 unspecified atom stereocenters. The van der Waals surface area contributed by atoms with Gasteiger partial charge in [0.25, 0.3) is 15.6 Å². The Balaban J connectivity index is 1.69.